The Morgan fingerprint density at radius 2 is 1.88 bits per heavy atom. The van der Waals surface area contributed by atoms with Gasteiger partial charge in [0.05, 0.1) is 6.61 Å². The summed E-state index contributed by atoms with van der Waals surface area (Å²) in [6.07, 6.45) is 3.79. The van der Waals surface area contributed by atoms with Gasteiger partial charge < -0.3 is 4.74 Å². The van der Waals surface area contributed by atoms with Gasteiger partial charge in [0.25, 0.3) is 0 Å². The molecule has 96 valence electrons. The number of hydrogen-bond acceptors (Lipinski definition) is 1. The van der Waals surface area contributed by atoms with E-state index in [9.17, 15) is 4.39 Å². The van der Waals surface area contributed by atoms with Crippen LogP contribution < -0.4 is 0 Å². The Balaban J connectivity index is 2.00. The fourth-order valence-corrected chi connectivity index (χ4v) is 1.74. The number of ether oxygens (including phenoxy) is 1. The molecule has 0 bridgehead atoms. The molecule has 0 amide bonds. The number of alkyl halides is 1. The molecular formula is C15H23FO. The Bertz CT molecular complexity index is 274. The molecule has 1 nitrogen and oxygen atoms in total. The van der Waals surface area contributed by atoms with Crippen molar-refractivity contribution in [2.45, 2.75) is 51.8 Å². The van der Waals surface area contributed by atoms with Crippen molar-refractivity contribution < 1.29 is 9.13 Å². The summed E-state index contributed by atoms with van der Waals surface area (Å²) in [5, 5.41) is 0. The van der Waals surface area contributed by atoms with Gasteiger partial charge in [-0.05, 0) is 12.0 Å². The molecule has 0 N–H and O–H groups in total. The van der Waals surface area contributed by atoms with E-state index in [1.165, 1.54) is 0 Å². The summed E-state index contributed by atoms with van der Waals surface area (Å²) in [6.45, 7) is 3.24. The lowest BCUT2D eigenvalue weighted by molar-refractivity contribution is 0.0974. The topological polar surface area (TPSA) is 9.23 Å². The summed E-state index contributed by atoms with van der Waals surface area (Å²) in [6, 6.07) is 10.00. The molecule has 1 atom stereocenters. The van der Waals surface area contributed by atoms with E-state index in [0.717, 1.165) is 24.8 Å². The Morgan fingerprint density at radius 1 is 1.12 bits per heavy atom. The molecule has 0 spiro atoms. The maximum atomic E-state index is 13.4. The van der Waals surface area contributed by atoms with E-state index in [-0.39, 0.29) is 0 Å². The van der Waals surface area contributed by atoms with Gasteiger partial charge in [-0.3, -0.25) is 0 Å². The second-order valence-corrected chi connectivity index (χ2v) is 4.42. The highest BCUT2D eigenvalue weighted by molar-refractivity contribution is 5.13. The van der Waals surface area contributed by atoms with E-state index in [1.807, 2.05) is 30.3 Å². The van der Waals surface area contributed by atoms with Crippen molar-refractivity contribution in [3.05, 3.63) is 35.9 Å². The molecule has 0 saturated heterocycles. The Hall–Kier alpha value is -0.890. The minimum absolute atomic E-state index is 0.516. The van der Waals surface area contributed by atoms with E-state index in [4.69, 9.17) is 4.74 Å². The fraction of sp³-hybridized carbons (Fsp3) is 0.600. The van der Waals surface area contributed by atoms with E-state index in [1.54, 1.807) is 0 Å². The highest BCUT2D eigenvalue weighted by Gasteiger charge is 2.05. The Morgan fingerprint density at radius 3 is 2.59 bits per heavy atom. The number of benzene rings is 1. The molecule has 1 unspecified atom stereocenters. The maximum Gasteiger partial charge on any atom is 0.102 e. The molecule has 0 fully saturated rings. The van der Waals surface area contributed by atoms with Crippen molar-refractivity contribution in [1.29, 1.82) is 0 Å². The van der Waals surface area contributed by atoms with Gasteiger partial charge in [0.2, 0.25) is 0 Å². The van der Waals surface area contributed by atoms with Crippen LogP contribution in [-0.4, -0.2) is 12.8 Å². The lowest BCUT2D eigenvalue weighted by atomic mass is 10.1. The van der Waals surface area contributed by atoms with Crippen LogP contribution in [0.5, 0.6) is 0 Å². The molecule has 1 rings (SSSR count). The van der Waals surface area contributed by atoms with Crippen LogP contribution in [0.4, 0.5) is 4.39 Å². The predicted molar refractivity (Wildman–Crippen MR) is 69.8 cm³/mol. The molecule has 1 aromatic carbocycles. The van der Waals surface area contributed by atoms with Gasteiger partial charge in [-0.2, -0.15) is 0 Å². The van der Waals surface area contributed by atoms with E-state index >= 15 is 0 Å². The first-order valence-electron chi connectivity index (χ1n) is 6.58. The third kappa shape index (κ3) is 7.11. The number of halogens is 1. The quantitative estimate of drug-likeness (QED) is 0.575. The van der Waals surface area contributed by atoms with Crippen molar-refractivity contribution in [3.63, 3.8) is 0 Å². The van der Waals surface area contributed by atoms with Gasteiger partial charge in [0.1, 0.15) is 6.17 Å². The summed E-state index contributed by atoms with van der Waals surface area (Å²) >= 11 is 0. The summed E-state index contributed by atoms with van der Waals surface area (Å²) in [5.41, 5.74) is 1.15. The lowest BCUT2D eigenvalue weighted by Gasteiger charge is -2.08. The van der Waals surface area contributed by atoms with Gasteiger partial charge in [-0.25, -0.2) is 4.39 Å². The van der Waals surface area contributed by atoms with Crippen LogP contribution in [0.2, 0.25) is 0 Å². The molecule has 2 heteroatoms. The van der Waals surface area contributed by atoms with Crippen molar-refractivity contribution in [3.8, 4) is 0 Å². The number of hydrogen-bond donors (Lipinski definition) is 0. The number of rotatable bonds is 9. The monoisotopic (exact) mass is 238 g/mol. The molecule has 1 aromatic rings. The first kappa shape index (κ1) is 14.2. The average Bonchev–Trinajstić information content (AvgIpc) is 2.36. The van der Waals surface area contributed by atoms with Crippen LogP contribution in [0.25, 0.3) is 0 Å². The molecule has 0 aromatic heterocycles. The van der Waals surface area contributed by atoms with Crippen LogP contribution in [0, 0.1) is 0 Å². The van der Waals surface area contributed by atoms with Crippen molar-refractivity contribution in [1.82, 2.24) is 0 Å². The molecule has 0 heterocycles. The average molecular weight is 238 g/mol. The molecule has 0 aliphatic rings. The van der Waals surface area contributed by atoms with Crippen molar-refractivity contribution in [2.24, 2.45) is 0 Å². The largest absolute Gasteiger partial charge is 0.377 e. The normalized spacial score (nSPS) is 12.6. The summed E-state index contributed by atoms with van der Waals surface area (Å²) < 4.78 is 18.8. The lowest BCUT2D eigenvalue weighted by Crippen LogP contribution is -2.05. The van der Waals surface area contributed by atoms with Crippen LogP contribution >= 0.6 is 0 Å². The molecular weight excluding hydrogens is 215 g/mol. The van der Waals surface area contributed by atoms with Crippen molar-refractivity contribution in [2.75, 3.05) is 6.61 Å². The van der Waals surface area contributed by atoms with Crippen LogP contribution in [0.1, 0.15) is 44.6 Å². The molecule has 0 aliphatic carbocycles. The summed E-state index contributed by atoms with van der Waals surface area (Å²) in [4.78, 5) is 0. The van der Waals surface area contributed by atoms with Crippen LogP contribution in [-0.2, 0) is 11.3 Å². The van der Waals surface area contributed by atoms with E-state index in [0.29, 0.717) is 26.1 Å². The Labute approximate surface area is 104 Å². The van der Waals surface area contributed by atoms with E-state index in [2.05, 4.69) is 6.92 Å². The van der Waals surface area contributed by atoms with Gasteiger partial charge >= 0.3 is 0 Å². The SMILES string of the molecule is CCCCCC(F)CCOCc1ccccc1. The van der Waals surface area contributed by atoms with Crippen LogP contribution in [0.3, 0.4) is 0 Å². The highest BCUT2D eigenvalue weighted by Crippen LogP contribution is 2.10. The molecule has 0 saturated carbocycles. The molecule has 0 radical (unpaired) electrons. The third-order valence-corrected chi connectivity index (χ3v) is 2.81. The van der Waals surface area contributed by atoms with Gasteiger partial charge in [0, 0.05) is 13.0 Å². The highest BCUT2D eigenvalue weighted by atomic mass is 19.1. The van der Waals surface area contributed by atoms with Gasteiger partial charge in [0.15, 0.2) is 0 Å². The first-order chi connectivity index (χ1) is 8.33. The maximum absolute atomic E-state index is 13.4. The fourth-order valence-electron chi connectivity index (χ4n) is 1.74. The minimum Gasteiger partial charge on any atom is -0.377 e. The predicted octanol–water partition coefficient (Wildman–Crippen LogP) is 4.51. The molecule has 0 aliphatic heterocycles. The number of unbranched alkanes of at least 4 members (excludes halogenated alkanes) is 2. The third-order valence-electron chi connectivity index (χ3n) is 2.81. The zero-order valence-electron chi connectivity index (χ0n) is 10.7. The van der Waals surface area contributed by atoms with E-state index < -0.39 is 6.17 Å². The molecule has 17 heavy (non-hydrogen) atoms. The van der Waals surface area contributed by atoms with Crippen LogP contribution in [0.15, 0.2) is 30.3 Å². The minimum atomic E-state index is -0.697. The first-order valence-corrected chi connectivity index (χ1v) is 6.58. The summed E-state index contributed by atoms with van der Waals surface area (Å²) in [5.74, 6) is 0. The zero-order valence-corrected chi connectivity index (χ0v) is 10.7. The van der Waals surface area contributed by atoms with Gasteiger partial charge in [-0.15, -0.1) is 0 Å². The Kier molecular flexibility index (Phi) is 7.65. The zero-order chi connectivity index (χ0) is 12.3. The summed E-state index contributed by atoms with van der Waals surface area (Å²) in [7, 11) is 0. The van der Waals surface area contributed by atoms with Crippen molar-refractivity contribution >= 4 is 0 Å². The standard InChI is InChI=1S/C15H23FO/c1-2-3-5-10-15(16)11-12-17-13-14-8-6-4-7-9-14/h4,6-9,15H,2-3,5,10-13H2,1H3. The second-order valence-electron chi connectivity index (χ2n) is 4.42. The smallest absolute Gasteiger partial charge is 0.102 e. The second kappa shape index (κ2) is 9.17. The van der Waals surface area contributed by atoms with Gasteiger partial charge in [-0.1, -0.05) is 56.5 Å².